The zero-order valence-corrected chi connectivity index (χ0v) is 21.5. The number of ether oxygens (including phenoxy) is 2. The smallest absolute Gasteiger partial charge is 0.341 e. The maximum atomic E-state index is 12.8. The number of nitrogens with zero attached hydrogens (tertiary/aromatic N) is 1. The number of imide groups is 1. The lowest BCUT2D eigenvalue weighted by Gasteiger charge is -2.12. The molecule has 8 nitrogen and oxygen atoms in total. The number of amides is 3. The fourth-order valence-corrected chi connectivity index (χ4v) is 4.84. The molecule has 3 aromatic rings. The van der Waals surface area contributed by atoms with E-state index in [-0.39, 0.29) is 29.8 Å². The molecule has 3 amide bonds. The van der Waals surface area contributed by atoms with Crippen molar-refractivity contribution in [3.05, 3.63) is 87.8 Å². The second-order valence-corrected chi connectivity index (χ2v) is 9.62. The summed E-state index contributed by atoms with van der Waals surface area (Å²) >= 11 is 1.11. The van der Waals surface area contributed by atoms with Gasteiger partial charge in [-0.25, -0.2) is 4.79 Å². The van der Waals surface area contributed by atoms with Gasteiger partial charge in [-0.2, -0.15) is 0 Å². The fourth-order valence-electron chi connectivity index (χ4n) is 3.80. The molecular formula is C28H26N2O6S. The van der Waals surface area contributed by atoms with Crippen molar-refractivity contribution < 1.29 is 28.7 Å². The molecule has 37 heavy (non-hydrogen) atoms. The lowest BCUT2D eigenvalue weighted by molar-refractivity contribution is -0.111. The van der Waals surface area contributed by atoms with Gasteiger partial charge in [-0.15, -0.1) is 11.3 Å². The minimum Gasteiger partial charge on any atom is -0.491 e. The van der Waals surface area contributed by atoms with Gasteiger partial charge in [0.25, 0.3) is 11.8 Å². The molecule has 9 heteroatoms. The van der Waals surface area contributed by atoms with Crippen LogP contribution in [-0.4, -0.2) is 41.3 Å². The van der Waals surface area contributed by atoms with Gasteiger partial charge in [-0.1, -0.05) is 24.3 Å². The summed E-state index contributed by atoms with van der Waals surface area (Å²) in [6.45, 7) is 5.67. The van der Waals surface area contributed by atoms with Gasteiger partial charge >= 0.3 is 5.97 Å². The third-order valence-corrected chi connectivity index (χ3v) is 6.40. The number of benzene rings is 2. The number of hydrogen-bond acceptors (Lipinski definition) is 7. The highest BCUT2D eigenvalue weighted by atomic mass is 32.1. The number of carbonyl (C=O) groups is 4. The van der Waals surface area contributed by atoms with E-state index in [1.807, 2.05) is 38.1 Å². The summed E-state index contributed by atoms with van der Waals surface area (Å²) in [5.74, 6) is -1.16. The molecule has 0 spiro atoms. The van der Waals surface area contributed by atoms with Crippen LogP contribution in [-0.2, 0) is 16.1 Å². The molecule has 2 heterocycles. The molecule has 0 atom stereocenters. The van der Waals surface area contributed by atoms with Crippen LogP contribution in [0, 0.1) is 0 Å². The van der Waals surface area contributed by atoms with Gasteiger partial charge in [0.15, 0.2) is 0 Å². The predicted molar refractivity (Wildman–Crippen MR) is 141 cm³/mol. The van der Waals surface area contributed by atoms with Crippen molar-refractivity contribution in [3.63, 3.8) is 0 Å². The van der Waals surface area contributed by atoms with E-state index in [0.717, 1.165) is 21.8 Å². The van der Waals surface area contributed by atoms with E-state index < -0.39 is 23.7 Å². The Bertz CT molecular complexity index is 1360. The molecule has 0 saturated carbocycles. The SMILES string of the molecule is CCOC(=O)c1cc(CN2C(=O)c3ccccc3C2=O)sc1NC(=O)/C=C/c1cccc(OC(C)C)c1. The Kier molecular flexibility index (Phi) is 7.83. The number of rotatable bonds is 9. The van der Waals surface area contributed by atoms with Crippen LogP contribution in [0.25, 0.3) is 6.08 Å². The van der Waals surface area contributed by atoms with Crippen LogP contribution in [0.2, 0.25) is 0 Å². The van der Waals surface area contributed by atoms with Crippen molar-refractivity contribution in [3.8, 4) is 5.75 Å². The third-order valence-electron chi connectivity index (χ3n) is 5.36. The summed E-state index contributed by atoms with van der Waals surface area (Å²) in [5, 5.41) is 3.00. The third kappa shape index (κ3) is 5.95. The maximum Gasteiger partial charge on any atom is 0.341 e. The molecule has 1 N–H and O–H groups in total. The average Bonchev–Trinajstić information content (AvgIpc) is 3.37. The van der Waals surface area contributed by atoms with E-state index >= 15 is 0 Å². The van der Waals surface area contributed by atoms with E-state index in [1.54, 1.807) is 37.3 Å². The van der Waals surface area contributed by atoms with Crippen LogP contribution >= 0.6 is 11.3 Å². The zero-order valence-electron chi connectivity index (χ0n) is 20.6. The van der Waals surface area contributed by atoms with Crippen molar-refractivity contribution in [1.82, 2.24) is 4.90 Å². The Morgan fingerprint density at radius 3 is 2.38 bits per heavy atom. The first kappa shape index (κ1) is 25.8. The van der Waals surface area contributed by atoms with E-state index in [2.05, 4.69) is 5.32 Å². The summed E-state index contributed by atoms with van der Waals surface area (Å²) in [5.41, 5.74) is 1.62. The van der Waals surface area contributed by atoms with Gasteiger partial charge in [0.2, 0.25) is 5.91 Å². The molecule has 1 aromatic heterocycles. The first-order chi connectivity index (χ1) is 17.8. The molecule has 2 aromatic carbocycles. The Balaban J connectivity index is 1.52. The van der Waals surface area contributed by atoms with Crippen LogP contribution in [0.5, 0.6) is 5.75 Å². The van der Waals surface area contributed by atoms with E-state index in [0.29, 0.717) is 21.8 Å². The molecule has 0 fully saturated rings. The Hall–Kier alpha value is -4.24. The van der Waals surface area contributed by atoms with E-state index in [9.17, 15) is 19.2 Å². The number of anilines is 1. The monoisotopic (exact) mass is 518 g/mol. The first-order valence-electron chi connectivity index (χ1n) is 11.8. The fraction of sp³-hybridized carbons (Fsp3) is 0.214. The summed E-state index contributed by atoms with van der Waals surface area (Å²) in [6, 6.07) is 15.5. The van der Waals surface area contributed by atoms with Crippen LogP contribution in [0.4, 0.5) is 5.00 Å². The summed E-state index contributed by atoms with van der Waals surface area (Å²) < 4.78 is 10.8. The Morgan fingerprint density at radius 2 is 1.73 bits per heavy atom. The molecule has 4 rings (SSSR count). The maximum absolute atomic E-state index is 12.8. The molecule has 0 radical (unpaired) electrons. The minimum absolute atomic E-state index is 0.0252. The standard InChI is InChI=1S/C28H26N2O6S/c1-4-35-28(34)23-15-20(16-30-26(32)21-10-5-6-11-22(21)27(30)33)37-25(23)29-24(31)13-12-18-8-7-9-19(14-18)36-17(2)3/h5-15,17H,4,16H2,1-3H3,(H,29,31)/b13-12+. The average molecular weight is 519 g/mol. The molecular weight excluding hydrogens is 492 g/mol. The zero-order chi connectivity index (χ0) is 26.5. The lowest BCUT2D eigenvalue weighted by atomic mass is 10.1. The van der Waals surface area contributed by atoms with Crippen LogP contribution in [0.3, 0.4) is 0 Å². The molecule has 1 aliphatic heterocycles. The van der Waals surface area contributed by atoms with Gasteiger partial charge < -0.3 is 14.8 Å². The van der Waals surface area contributed by atoms with Crippen LogP contribution in [0.15, 0.2) is 60.7 Å². The molecule has 0 unspecified atom stereocenters. The lowest BCUT2D eigenvalue weighted by Crippen LogP contribution is -2.28. The minimum atomic E-state index is -0.606. The first-order valence-corrected chi connectivity index (χ1v) is 12.6. The number of hydrogen-bond donors (Lipinski definition) is 1. The number of carbonyl (C=O) groups excluding carboxylic acids is 4. The molecule has 0 aliphatic carbocycles. The number of thiophene rings is 1. The van der Waals surface area contributed by atoms with Gasteiger partial charge in [0.05, 0.1) is 35.9 Å². The van der Waals surface area contributed by atoms with Crippen molar-refractivity contribution in [2.45, 2.75) is 33.4 Å². The topological polar surface area (TPSA) is 102 Å². The second-order valence-electron chi connectivity index (χ2n) is 8.48. The molecule has 1 aliphatic rings. The second kappa shape index (κ2) is 11.2. The van der Waals surface area contributed by atoms with Gasteiger partial charge in [-0.3, -0.25) is 19.3 Å². The Morgan fingerprint density at radius 1 is 1.03 bits per heavy atom. The highest BCUT2D eigenvalue weighted by Gasteiger charge is 2.35. The summed E-state index contributed by atoms with van der Waals surface area (Å²) in [7, 11) is 0. The summed E-state index contributed by atoms with van der Waals surface area (Å²) in [6.07, 6.45) is 3.02. The normalized spacial score (nSPS) is 12.8. The summed E-state index contributed by atoms with van der Waals surface area (Å²) in [4.78, 5) is 52.4. The van der Waals surface area contributed by atoms with E-state index in [4.69, 9.17) is 9.47 Å². The molecule has 190 valence electrons. The van der Waals surface area contributed by atoms with Gasteiger partial charge in [-0.05, 0) is 62.7 Å². The number of esters is 1. The van der Waals surface area contributed by atoms with E-state index in [1.165, 1.54) is 12.1 Å². The highest BCUT2D eigenvalue weighted by molar-refractivity contribution is 7.16. The van der Waals surface area contributed by atoms with Gasteiger partial charge in [0.1, 0.15) is 10.8 Å². The largest absolute Gasteiger partial charge is 0.491 e. The van der Waals surface area contributed by atoms with Crippen molar-refractivity contribution in [2.75, 3.05) is 11.9 Å². The number of nitrogens with one attached hydrogen (secondary N) is 1. The van der Waals surface area contributed by atoms with Crippen LogP contribution < -0.4 is 10.1 Å². The quantitative estimate of drug-likeness (QED) is 0.239. The highest BCUT2D eigenvalue weighted by Crippen LogP contribution is 2.32. The number of fused-ring (bicyclic) bond motifs is 1. The Labute approximate surface area is 218 Å². The van der Waals surface area contributed by atoms with Gasteiger partial charge in [0, 0.05) is 11.0 Å². The van der Waals surface area contributed by atoms with Crippen molar-refractivity contribution in [1.29, 1.82) is 0 Å². The predicted octanol–water partition coefficient (Wildman–Crippen LogP) is 5.16. The molecule has 0 bridgehead atoms. The van der Waals surface area contributed by atoms with Crippen molar-refractivity contribution in [2.24, 2.45) is 0 Å². The van der Waals surface area contributed by atoms with Crippen molar-refractivity contribution >= 4 is 46.1 Å². The molecule has 0 saturated heterocycles. The van der Waals surface area contributed by atoms with Crippen LogP contribution in [0.1, 0.15) is 62.3 Å².